The first kappa shape index (κ1) is 22.0. The Bertz CT molecular complexity index is 1270. The van der Waals surface area contributed by atoms with E-state index in [4.69, 9.17) is 4.74 Å². The van der Waals surface area contributed by atoms with Crippen molar-refractivity contribution in [2.75, 3.05) is 18.5 Å². The van der Waals surface area contributed by atoms with Crippen LogP contribution in [0.1, 0.15) is 33.5 Å². The van der Waals surface area contributed by atoms with Gasteiger partial charge in [-0.2, -0.15) is 5.10 Å². The highest BCUT2D eigenvalue weighted by molar-refractivity contribution is 5.98. The van der Waals surface area contributed by atoms with Gasteiger partial charge in [0.25, 0.3) is 23.6 Å². The van der Waals surface area contributed by atoms with E-state index in [0.717, 1.165) is 16.8 Å². The lowest BCUT2D eigenvalue weighted by Crippen LogP contribution is -2.36. The molecule has 1 aromatic carbocycles. The Morgan fingerprint density at radius 3 is 2.79 bits per heavy atom. The van der Waals surface area contributed by atoms with E-state index >= 15 is 0 Å². The zero-order chi connectivity index (χ0) is 23.8. The van der Waals surface area contributed by atoms with Crippen molar-refractivity contribution in [1.29, 1.82) is 0 Å². The number of anilines is 1. The number of hydrogen-bond acceptors (Lipinski definition) is 6. The molecule has 0 saturated heterocycles. The predicted molar refractivity (Wildman–Crippen MR) is 108 cm³/mol. The zero-order valence-corrected chi connectivity index (χ0v) is 17.1. The summed E-state index contributed by atoms with van der Waals surface area (Å²) < 4.78 is 46.4. The number of aromatic nitrogens is 3. The second-order valence-corrected chi connectivity index (χ2v) is 7.36. The minimum Gasteiger partial charge on any atom is -0.482 e. The molecule has 13 heteroatoms. The molecule has 0 aliphatic carbocycles. The van der Waals surface area contributed by atoms with E-state index in [9.17, 15) is 27.6 Å². The van der Waals surface area contributed by atoms with Crippen molar-refractivity contribution in [3.05, 3.63) is 53.2 Å². The molecule has 0 atom stereocenters. The monoisotopic (exact) mass is 462 g/mol. The maximum atomic E-state index is 14.1. The van der Waals surface area contributed by atoms with Crippen molar-refractivity contribution in [3.8, 4) is 5.75 Å². The fourth-order valence-electron chi connectivity index (χ4n) is 3.05. The number of nitrogens with zero attached hydrogens (tertiary/aromatic N) is 3. The molecular formula is C20H17F3N6O4. The number of amides is 3. The van der Waals surface area contributed by atoms with Crippen LogP contribution in [0.5, 0.6) is 5.75 Å². The van der Waals surface area contributed by atoms with Crippen molar-refractivity contribution in [3.63, 3.8) is 0 Å². The van der Waals surface area contributed by atoms with E-state index in [2.05, 4.69) is 20.7 Å². The van der Waals surface area contributed by atoms with E-state index in [1.54, 1.807) is 18.2 Å². The molecule has 3 N–H and O–H groups in total. The molecule has 4 rings (SSSR count). The topological polar surface area (TPSA) is 127 Å². The van der Waals surface area contributed by atoms with Gasteiger partial charge in [-0.15, -0.1) is 0 Å². The lowest BCUT2D eigenvalue weighted by Gasteiger charge is -2.18. The van der Waals surface area contributed by atoms with Gasteiger partial charge in [0.05, 0.1) is 18.4 Å². The van der Waals surface area contributed by atoms with Gasteiger partial charge >= 0.3 is 0 Å². The quantitative estimate of drug-likeness (QED) is 0.510. The lowest BCUT2D eigenvalue weighted by atomic mass is 10.1. The molecule has 33 heavy (non-hydrogen) atoms. The van der Waals surface area contributed by atoms with E-state index < -0.39 is 35.7 Å². The number of alkyl halides is 2. The summed E-state index contributed by atoms with van der Waals surface area (Å²) in [6.45, 7) is -0.409. The summed E-state index contributed by atoms with van der Waals surface area (Å²) in [7, 11) is 0. The Labute approximate surface area is 184 Å². The number of fused-ring (bicyclic) bond motifs is 2. The number of carbonyl (C=O) groups excluding carboxylic acids is 3. The molecular weight excluding hydrogens is 445 g/mol. The number of hydrogen-bond donors (Lipinski definition) is 3. The number of halogens is 3. The fraction of sp³-hybridized carbons (Fsp3) is 0.250. The predicted octanol–water partition coefficient (Wildman–Crippen LogP) is 1.51. The number of nitrogens with one attached hydrogen (secondary N) is 3. The summed E-state index contributed by atoms with van der Waals surface area (Å²) in [6.07, 6.45) is 0.790. The molecule has 1 aliphatic heterocycles. The van der Waals surface area contributed by atoms with Crippen LogP contribution in [0.3, 0.4) is 0 Å². The number of rotatable bonds is 6. The van der Waals surface area contributed by atoms with Crippen molar-refractivity contribution in [2.24, 2.45) is 0 Å². The molecule has 0 unspecified atom stereocenters. The van der Waals surface area contributed by atoms with Crippen molar-refractivity contribution < 1.29 is 32.3 Å². The first-order valence-corrected chi connectivity index (χ1v) is 9.65. The van der Waals surface area contributed by atoms with Crippen LogP contribution in [-0.2, 0) is 11.3 Å². The molecule has 3 amide bonds. The number of ether oxygens (including phenoxy) is 1. The third-order valence-electron chi connectivity index (χ3n) is 4.58. The fourth-order valence-corrected chi connectivity index (χ4v) is 3.05. The van der Waals surface area contributed by atoms with Gasteiger partial charge in [0.1, 0.15) is 17.1 Å². The number of benzene rings is 1. The standard InChI is InChI=1S/C20H17F3N6O4/c1-20(22,23)9-25-19(32)14-5-13(28-17-11(21)7-26-29(14)17)18(31)24-6-10-2-3-15-12(4-10)27-16(30)8-33-15/h2-5,7H,6,8-9H2,1H3,(H,24,31)(H,25,32)(H,27,30). The van der Waals surface area contributed by atoms with Crippen LogP contribution in [0.4, 0.5) is 18.9 Å². The van der Waals surface area contributed by atoms with Crippen LogP contribution in [0.2, 0.25) is 0 Å². The van der Waals surface area contributed by atoms with Gasteiger partial charge in [0.2, 0.25) is 0 Å². The van der Waals surface area contributed by atoms with E-state index in [1.807, 2.05) is 5.32 Å². The smallest absolute Gasteiger partial charge is 0.270 e. The van der Waals surface area contributed by atoms with E-state index in [-0.39, 0.29) is 30.4 Å². The van der Waals surface area contributed by atoms with Gasteiger partial charge < -0.3 is 20.7 Å². The summed E-state index contributed by atoms with van der Waals surface area (Å²) in [5.74, 6) is -5.61. The summed E-state index contributed by atoms with van der Waals surface area (Å²) in [6, 6.07) is 5.95. The minimum absolute atomic E-state index is 0.0141. The van der Waals surface area contributed by atoms with Crippen LogP contribution >= 0.6 is 0 Å². The molecule has 0 fully saturated rings. The molecule has 0 saturated carbocycles. The first-order valence-electron chi connectivity index (χ1n) is 9.65. The average molecular weight is 462 g/mol. The molecule has 172 valence electrons. The van der Waals surface area contributed by atoms with E-state index in [0.29, 0.717) is 23.9 Å². The summed E-state index contributed by atoms with van der Waals surface area (Å²) in [4.78, 5) is 40.4. The molecule has 0 radical (unpaired) electrons. The molecule has 3 heterocycles. The van der Waals surface area contributed by atoms with Crippen LogP contribution in [0, 0.1) is 5.82 Å². The highest BCUT2D eigenvalue weighted by Gasteiger charge is 2.25. The molecule has 0 spiro atoms. The normalized spacial score (nSPS) is 13.2. The third kappa shape index (κ3) is 4.86. The third-order valence-corrected chi connectivity index (χ3v) is 4.58. The summed E-state index contributed by atoms with van der Waals surface area (Å²) in [5.41, 5.74) is -0.000222. The summed E-state index contributed by atoms with van der Waals surface area (Å²) >= 11 is 0. The van der Waals surface area contributed by atoms with Crippen molar-refractivity contribution in [1.82, 2.24) is 25.2 Å². The summed E-state index contributed by atoms with van der Waals surface area (Å²) in [5, 5.41) is 10.9. The molecule has 3 aromatic rings. The van der Waals surface area contributed by atoms with Gasteiger partial charge in [-0.05, 0) is 17.7 Å². The Morgan fingerprint density at radius 1 is 1.24 bits per heavy atom. The second-order valence-electron chi connectivity index (χ2n) is 7.36. The lowest BCUT2D eigenvalue weighted by molar-refractivity contribution is -0.118. The van der Waals surface area contributed by atoms with Gasteiger partial charge in [-0.1, -0.05) is 6.07 Å². The highest BCUT2D eigenvalue weighted by Crippen LogP contribution is 2.28. The van der Waals surface area contributed by atoms with Gasteiger partial charge in [0.15, 0.2) is 18.1 Å². The highest BCUT2D eigenvalue weighted by atomic mass is 19.3. The molecule has 10 nitrogen and oxygen atoms in total. The van der Waals surface area contributed by atoms with Gasteiger partial charge in [0, 0.05) is 19.5 Å². The average Bonchev–Trinajstić information content (AvgIpc) is 3.15. The Morgan fingerprint density at radius 2 is 2.03 bits per heavy atom. The van der Waals surface area contributed by atoms with E-state index in [1.165, 1.54) is 0 Å². The van der Waals surface area contributed by atoms with Crippen LogP contribution in [0.25, 0.3) is 5.65 Å². The Balaban J connectivity index is 1.54. The maximum Gasteiger partial charge on any atom is 0.270 e. The van der Waals surface area contributed by atoms with Gasteiger partial charge in [-0.3, -0.25) is 14.4 Å². The molecule has 2 aromatic heterocycles. The maximum absolute atomic E-state index is 14.1. The Kier molecular flexibility index (Phi) is 5.62. The molecule has 1 aliphatic rings. The van der Waals surface area contributed by atoms with Crippen molar-refractivity contribution in [2.45, 2.75) is 19.4 Å². The van der Waals surface area contributed by atoms with Crippen LogP contribution in [0.15, 0.2) is 30.5 Å². The number of carbonyl (C=O) groups is 3. The second kappa shape index (κ2) is 8.41. The van der Waals surface area contributed by atoms with Crippen molar-refractivity contribution >= 4 is 29.1 Å². The minimum atomic E-state index is -3.17. The van der Waals surface area contributed by atoms with Crippen LogP contribution in [-0.4, -0.2) is 51.4 Å². The first-order chi connectivity index (χ1) is 15.6. The largest absolute Gasteiger partial charge is 0.482 e. The Hall–Kier alpha value is -4.16. The zero-order valence-electron chi connectivity index (χ0n) is 17.1. The SMILES string of the molecule is CC(F)(F)CNC(=O)c1cc(C(=O)NCc2ccc3c(c2)NC(=O)CO3)nc2c(F)cnn12. The van der Waals surface area contributed by atoms with Crippen LogP contribution < -0.4 is 20.7 Å². The van der Waals surface area contributed by atoms with Gasteiger partial charge in [-0.25, -0.2) is 22.7 Å². The molecule has 0 bridgehead atoms.